The molecule has 2 aromatic rings. The van der Waals surface area contributed by atoms with Crippen molar-refractivity contribution in [3.8, 4) is 0 Å². The van der Waals surface area contributed by atoms with Gasteiger partial charge in [-0.15, -0.1) is 0 Å². The smallest absolute Gasteiger partial charge is 0.245 e. The lowest BCUT2D eigenvalue weighted by Gasteiger charge is -2.56. The highest BCUT2D eigenvalue weighted by molar-refractivity contribution is 5.89. The fourth-order valence-corrected chi connectivity index (χ4v) is 5.89. The lowest BCUT2D eigenvalue weighted by Crippen LogP contribution is -2.68. The Morgan fingerprint density at radius 1 is 1.22 bits per heavy atom. The van der Waals surface area contributed by atoms with Gasteiger partial charge in [0, 0.05) is 57.0 Å². The Morgan fingerprint density at radius 2 is 2.00 bits per heavy atom. The molecular formula is C23H30N6O3. The third kappa shape index (κ3) is 3.63. The third-order valence-corrected chi connectivity index (χ3v) is 7.20. The van der Waals surface area contributed by atoms with E-state index in [-0.39, 0.29) is 23.8 Å². The van der Waals surface area contributed by atoms with Gasteiger partial charge in [-0.1, -0.05) is 5.16 Å². The van der Waals surface area contributed by atoms with Crippen LogP contribution in [0.15, 0.2) is 23.0 Å². The molecule has 0 spiro atoms. The molecule has 0 saturated carbocycles. The molecule has 9 nitrogen and oxygen atoms in total. The highest BCUT2D eigenvalue weighted by Gasteiger charge is 2.52. The van der Waals surface area contributed by atoms with Crippen LogP contribution in [0.2, 0.25) is 0 Å². The van der Waals surface area contributed by atoms with Crippen LogP contribution in [0.4, 0.5) is 5.82 Å². The van der Waals surface area contributed by atoms with E-state index in [1.54, 1.807) is 24.3 Å². The Morgan fingerprint density at radius 3 is 2.75 bits per heavy atom. The van der Waals surface area contributed by atoms with Crippen LogP contribution >= 0.6 is 0 Å². The second kappa shape index (κ2) is 8.18. The number of amides is 2. The minimum absolute atomic E-state index is 0.0273. The van der Waals surface area contributed by atoms with Crippen molar-refractivity contribution >= 4 is 17.6 Å². The molecule has 5 heterocycles. The van der Waals surface area contributed by atoms with Crippen molar-refractivity contribution in [2.24, 2.45) is 11.8 Å². The summed E-state index contributed by atoms with van der Waals surface area (Å²) in [5, 5.41) is 3.92. The van der Waals surface area contributed by atoms with E-state index in [1.807, 2.05) is 24.8 Å². The number of fused-ring (bicyclic) bond motifs is 4. The van der Waals surface area contributed by atoms with Crippen LogP contribution in [0, 0.1) is 25.7 Å². The summed E-state index contributed by atoms with van der Waals surface area (Å²) < 4.78 is 5.32. The number of aryl methyl sites for hydroxylation is 2. The number of carbonyl (C=O) groups excluding carboxylic acids is 2. The Kier molecular flexibility index (Phi) is 5.35. The molecule has 2 aromatic heterocycles. The number of carbonyl (C=O) groups is 2. The van der Waals surface area contributed by atoms with Gasteiger partial charge < -0.3 is 19.2 Å². The van der Waals surface area contributed by atoms with Gasteiger partial charge in [0.1, 0.15) is 11.9 Å². The van der Waals surface area contributed by atoms with Crippen LogP contribution in [0.5, 0.6) is 0 Å². The highest BCUT2D eigenvalue weighted by Crippen LogP contribution is 2.43. The van der Waals surface area contributed by atoms with Crippen LogP contribution in [-0.4, -0.2) is 69.0 Å². The van der Waals surface area contributed by atoms with E-state index in [2.05, 4.69) is 20.0 Å². The van der Waals surface area contributed by atoms with Gasteiger partial charge in [0.05, 0.1) is 17.9 Å². The van der Waals surface area contributed by atoms with Gasteiger partial charge in [-0.05, 0) is 39.0 Å². The minimum Gasteiger partial charge on any atom is -0.359 e. The minimum atomic E-state index is -0.460. The predicted molar refractivity (Wildman–Crippen MR) is 117 cm³/mol. The topological polar surface area (TPSA) is 95.7 Å². The van der Waals surface area contributed by atoms with E-state index in [1.165, 1.54) is 0 Å². The number of piperidine rings is 3. The number of hydrogen-bond acceptors (Lipinski definition) is 7. The first-order chi connectivity index (χ1) is 15.4. The number of anilines is 1. The Labute approximate surface area is 187 Å². The van der Waals surface area contributed by atoms with Gasteiger partial charge >= 0.3 is 0 Å². The van der Waals surface area contributed by atoms with Crippen molar-refractivity contribution in [3.63, 3.8) is 0 Å². The molecular weight excluding hydrogens is 408 g/mol. The summed E-state index contributed by atoms with van der Waals surface area (Å²) >= 11 is 0. The number of aromatic nitrogens is 3. The van der Waals surface area contributed by atoms with Gasteiger partial charge in [-0.25, -0.2) is 4.98 Å². The Hall–Kier alpha value is -2.97. The van der Waals surface area contributed by atoms with E-state index in [9.17, 15) is 9.59 Å². The quantitative estimate of drug-likeness (QED) is 0.720. The van der Waals surface area contributed by atoms with Crippen molar-refractivity contribution in [1.82, 2.24) is 24.9 Å². The molecule has 3 aliphatic heterocycles. The molecule has 32 heavy (non-hydrogen) atoms. The van der Waals surface area contributed by atoms with Crippen molar-refractivity contribution in [3.05, 3.63) is 35.6 Å². The zero-order chi connectivity index (χ0) is 22.4. The lowest BCUT2D eigenvalue weighted by atomic mass is 9.71. The van der Waals surface area contributed by atoms with Crippen LogP contribution in [0.1, 0.15) is 42.8 Å². The van der Waals surface area contributed by atoms with E-state index in [4.69, 9.17) is 4.52 Å². The summed E-state index contributed by atoms with van der Waals surface area (Å²) in [6.45, 7) is 5.71. The number of nitrogens with zero attached hydrogens (tertiary/aromatic N) is 6. The first kappa shape index (κ1) is 20.9. The number of hydrogen-bond donors (Lipinski definition) is 0. The lowest BCUT2D eigenvalue weighted by molar-refractivity contribution is -0.160. The zero-order valence-corrected chi connectivity index (χ0v) is 18.9. The van der Waals surface area contributed by atoms with Gasteiger partial charge in [0.25, 0.3) is 0 Å². The van der Waals surface area contributed by atoms with E-state index < -0.39 is 6.04 Å². The molecule has 3 saturated heterocycles. The summed E-state index contributed by atoms with van der Waals surface area (Å²) in [5.74, 6) is 2.01. The van der Waals surface area contributed by atoms with Gasteiger partial charge in [-0.2, -0.15) is 0 Å². The number of rotatable bonds is 4. The second-order valence-corrected chi connectivity index (χ2v) is 9.46. The largest absolute Gasteiger partial charge is 0.359 e. The molecule has 0 aromatic carbocycles. The standard InChI is InChI=1S/C23H30N6O3/c1-14-9-18(32-26-14)13-27(3)23(31)21-17-10-16(19-5-4-6-20(30)29(19)21)11-28(12-17)22-15(2)24-7-8-25-22/h7-9,16-17,19,21H,4-6,10-13H2,1-3H3/t16-,17+,19-,21+/m0/s1. The summed E-state index contributed by atoms with van der Waals surface area (Å²) in [6.07, 6.45) is 6.74. The molecule has 2 amide bonds. The average molecular weight is 439 g/mol. The van der Waals surface area contributed by atoms with E-state index >= 15 is 0 Å². The molecule has 2 bridgehead atoms. The molecule has 0 unspecified atom stereocenters. The molecule has 3 aliphatic rings. The first-order valence-electron chi connectivity index (χ1n) is 11.4. The highest BCUT2D eigenvalue weighted by atomic mass is 16.5. The predicted octanol–water partition coefficient (Wildman–Crippen LogP) is 1.95. The third-order valence-electron chi connectivity index (χ3n) is 7.20. The molecule has 4 atom stereocenters. The summed E-state index contributed by atoms with van der Waals surface area (Å²) in [7, 11) is 1.78. The van der Waals surface area contributed by atoms with Crippen molar-refractivity contribution in [1.29, 1.82) is 0 Å². The maximum absolute atomic E-state index is 13.7. The van der Waals surface area contributed by atoms with Crippen LogP contribution < -0.4 is 4.90 Å². The van der Waals surface area contributed by atoms with Gasteiger partial charge in [0.15, 0.2) is 5.76 Å². The van der Waals surface area contributed by atoms with Crippen molar-refractivity contribution < 1.29 is 14.1 Å². The fraction of sp³-hybridized carbons (Fsp3) is 0.609. The monoisotopic (exact) mass is 438 g/mol. The van der Waals surface area contributed by atoms with E-state index in [0.29, 0.717) is 31.2 Å². The Bertz CT molecular complexity index is 1020. The summed E-state index contributed by atoms with van der Waals surface area (Å²) in [6, 6.07) is 1.48. The number of likely N-dealkylation sites (N-methyl/N-ethyl adjacent to an activating group) is 1. The Balaban J connectivity index is 1.44. The molecule has 0 radical (unpaired) electrons. The van der Waals surface area contributed by atoms with Gasteiger partial charge in [-0.3, -0.25) is 14.6 Å². The van der Waals surface area contributed by atoms with Crippen LogP contribution in [0.3, 0.4) is 0 Å². The second-order valence-electron chi connectivity index (χ2n) is 9.46. The maximum atomic E-state index is 13.7. The van der Waals surface area contributed by atoms with Crippen LogP contribution in [0.25, 0.3) is 0 Å². The summed E-state index contributed by atoms with van der Waals surface area (Å²) in [4.78, 5) is 41.7. The molecule has 5 rings (SSSR count). The summed E-state index contributed by atoms with van der Waals surface area (Å²) in [5.41, 5.74) is 1.68. The molecule has 0 aliphatic carbocycles. The molecule has 0 N–H and O–H groups in total. The zero-order valence-electron chi connectivity index (χ0n) is 18.9. The van der Waals surface area contributed by atoms with Crippen molar-refractivity contribution in [2.75, 3.05) is 25.0 Å². The normalized spacial score (nSPS) is 27.3. The maximum Gasteiger partial charge on any atom is 0.245 e. The molecule has 9 heteroatoms. The SMILES string of the molecule is Cc1cc(CN(C)C(=O)[C@H]2[C@@H]3C[C@@H](CN(c4nccnc4C)C3)[C@@H]3CCCC(=O)N32)on1. The average Bonchev–Trinajstić information content (AvgIpc) is 3.19. The molecule has 170 valence electrons. The van der Waals surface area contributed by atoms with Crippen LogP contribution in [-0.2, 0) is 16.1 Å². The first-order valence-corrected chi connectivity index (χ1v) is 11.4. The fourth-order valence-electron chi connectivity index (χ4n) is 5.89. The van der Waals surface area contributed by atoms with Crippen molar-refractivity contribution in [2.45, 2.75) is 58.2 Å². The van der Waals surface area contributed by atoms with Gasteiger partial charge in [0.2, 0.25) is 11.8 Å². The molecule has 3 fully saturated rings. The van der Waals surface area contributed by atoms with E-state index in [0.717, 1.165) is 43.0 Å².